The first-order valence-corrected chi connectivity index (χ1v) is 10.8. The predicted octanol–water partition coefficient (Wildman–Crippen LogP) is 5.55. The monoisotopic (exact) mass is 429 g/mol. The average Bonchev–Trinajstić information content (AvgIpc) is 3.18. The summed E-state index contributed by atoms with van der Waals surface area (Å²) in [5.74, 6) is 1.27. The molecule has 0 aliphatic heterocycles. The predicted molar refractivity (Wildman–Crippen MR) is 125 cm³/mol. The Hall–Kier alpha value is -3.57. The van der Waals surface area contributed by atoms with Gasteiger partial charge in [0.15, 0.2) is 0 Å². The van der Waals surface area contributed by atoms with Gasteiger partial charge in [0.25, 0.3) is 0 Å². The lowest BCUT2D eigenvalue weighted by Crippen LogP contribution is -2.09. The number of para-hydroxylation sites is 1. The highest BCUT2D eigenvalue weighted by molar-refractivity contribution is 5.93. The van der Waals surface area contributed by atoms with Gasteiger partial charge in [0.1, 0.15) is 23.7 Å². The third kappa shape index (κ3) is 4.84. The van der Waals surface area contributed by atoms with Crippen molar-refractivity contribution in [3.63, 3.8) is 0 Å². The molecule has 0 unspecified atom stereocenters. The van der Waals surface area contributed by atoms with Crippen molar-refractivity contribution < 1.29 is 18.7 Å². The van der Waals surface area contributed by atoms with E-state index in [-0.39, 0.29) is 12.4 Å². The van der Waals surface area contributed by atoms with Crippen molar-refractivity contribution in [2.45, 2.75) is 33.4 Å². The number of rotatable bonds is 8. The molecule has 0 fully saturated rings. The van der Waals surface area contributed by atoms with Gasteiger partial charge >= 0.3 is 5.97 Å². The molecule has 0 aliphatic carbocycles. The van der Waals surface area contributed by atoms with Gasteiger partial charge < -0.3 is 19.6 Å². The molecule has 5 nitrogen and oxygen atoms in total. The molecule has 0 aliphatic rings. The number of aryl methyl sites for hydroxylation is 1. The summed E-state index contributed by atoms with van der Waals surface area (Å²) in [6.45, 7) is 4.95. The van der Waals surface area contributed by atoms with Crippen LogP contribution in [0, 0.1) is 6.92 Å². The molecule has 0 saturated heterocycles. The number of esters is 1. The van der Waals surface area contributed by atoms with E-state index in [4.69, 9.17) is 19.6 Å². The smallest absolute Gasteiger partial charge is 0.310 e. The van der Waals surface area contributed by atoms with Crippen molar-refractivity contribution in [2.75, 3.05) is 6.61 Å². The van der Waals surface area contributed by atoms with Gasteiger partial charge in [-0.3, -0.25) is 4.79 Å². The van der Waals surface area contributed by atoms with E-state index in [0.717, 1.165) is 44.5 Å². The standard InChI is InChI=1S/C27H27NO4/c1-3-30-26(29)15-22-8-4-5-10-25(22)31-17-20-13-23-11-18(2)32-27(23)24(14-20)21-9-6-7-19(12-21)16-28/h4-14H,3,15-17,28H2,1-2H3. The Bertz CT molecular complexity index is 1240. The van der Waals surface area contributed by atoms with E-state index in [0.29, 0.717) is 25.5 Å². The molecule has 0 spiro atoms. The van der Waals surface area contributed by atoms with Crippen LogP contribution in [-0.2, 0) is 29.1 Å². The molecule has 0 amide bonds. The normalized spacial score (nSPS) is 11.0. The average molecular weight is 430 g/mol. The maximum atomic E-state index is 11.9. The van der Waals surface area contributed by atoms with Gasteiger partial charge in [-0.05, 0) is 60.9 Å². The van der Waals surface area contributed by atoms with Gasteiger partial charge in [0, 0.05) is 23.1 Å². The molecule has 164 valence electrons. The Morgan fingerprint density at radius 3 is 2.66 bits per heavy atom. The Morgan fingerprint density at radius 1 is 1.00 bits per heavy atom. The fourth-order valence-electron chi connectivity index (χ4n) is 3.83. The molecule has 0 radical (unpaired) electrons. The largest absolute Gasteiger partial charge is 0.489 e. The summed E-state index contributed by atoms with van der Waals surface area (Å²) in [5, 5.41) is 1.02. The molecule has 3 aromatic carbocycles. The van der Waals surface area contributed by atoms with Crippen LogP contribution in [0.2, 0.25) is 0 Å². The molecule has 0 saturated carbocycles. The minimum absolute atomic E-state index is 0.182. The first-order chi connectivity index (χ1) is 15.6. The summed E-state index contributed by atoms with van der Waals surface area (Å²) in [6.07, 6.45) is 0.182. The second-order valence-corrected chi connectivity index (χ2v) is 7.70. The van der Waals surface area contributed by atoms with Gasteiger partial charge in [-0.15, -0.1) is 0 Å². The molecular weight excluding hydrogens is 402 g/mol. The first kappa shape index (κ1) is 21.7. The van der Waals surface area contributed by atoms with Crippen LogP contribution in [-0.4, -0.2) is 12.6 Å². The number of benzene rings is 3. The minimum Gasteiger partial charge on any atom is -0.489 e. The Labute approximate surface area is 187 Å². The van der Waals surface area contributed by atoms with Crippen LogP contribution < -0.4 is 10.5 Å². The van der Waals surface area contributed by atoms with Gasteiger partial charge in [-0.1, -0.05) is 36.4 Å². The van der Waals surface area contributed by atoms with Crippen molar-refractivity contribution in [1.29, 1.82) is 0 Å². The SMILES string of the molecule is CCOC(=O)Cc1ccccc1OCc1cc(-c2cccc(CN)c2)c2oc(C)cc2c1. The number of carbonyl (C=O) groups is 1. The molecule has 0 bridgehead atoms. The fraction of sp³-hybridized carbons (Fsp3) is 0.222. The van der Waals surface area contributed by atoms with E-state index < -0.39 is 0 Å². The van der Waals surface area contributed by atoms with Crippen molar-refractivity contribution in [1.82, 2.24) is 0 Å². The maximum Gasteiger partial charge on any atom is 0.310 e. The number of furan rings is 1. The van der Waals surface area contributed by atoms with Crippen LogP contribution in [0.15, 0.2) is 71.1 Å². The lowest BCUT2D eigenvalue weighted by molar-refractivity contribution is -0.142. The van der Waals surface area contributed by atoms with Gasteiger partial charge in [0.05, 0.1) is 13.0 Å². The number of hydrogen-bond acceptors (Lipinski definition) is 5. The molecule has 1 heterocycles. The van der Waals surface area contributed by atoms with Crippen molar-refractivity contribution in [2.24, 2.45) is 5.73 Å². The van der Waals surface area contributed by atoms with E-state index in [1.54, 1.807) is 6.92 Å². The molecule has 4 aromatic rings. The Morgan fingerprint density at radius 2 is 1.84 bits per heavy atom. The van der Waals surface area contributed by atoms with E-state index in [2.05, 4.69) is 24.3 Å². The summed E-state index contributed by atoms with van der Waals surface area (Å²) >= 11 is 0. The molecule has 32 heavy (non-hydrogen) atoms. The zero-order valence-electron chi connectivity index (χ0n) is 18.4. The Balaban J connectivity index is 1.64. The second-order valence-electron chi connectivity index (χ2n) is 7.70. The van der Waals surface area contributed by atoms with E-state index in [9.17, 15) is 4.79 Å². The zero-order valence-corrected chi connectivity index (χ0v) is 18.4. The van der Waals surface area contributed by atoms with Crippen molar-refractivity contribution >= 4 is 16.9 Å². The van der Waals surface area contributed by atoms with Gasteiger partial charge in [-0.25, -0.2) is 0 Å². The Kier molecular flexibility index (Phi) is 6.57. The number of carbonyl (C=O) groups excluding carboxylic acids is 1. The number of nitrogens with two attached hydrogens (primary N) is 1. The van der Waals surface area contributed by atoms with Crippen LogP contribution in [0.25, 0.3) is 22.1 Å². The zero-order chi connectivity index (χ0) is 22.5. The summed E-state index contributed by atoms with van der Waals surface area (Å²) in [6, 6.07) is 21.9. The van der Waals surface area contributed by atoms with E-state index in [1.807, 2.05) is 49.4 Å². The van der Waals surface area contributed by atoms with Crippen LogP contribution >= 0.6 is 0 Å². The minimum atomic E-state index is -0.263. The molecule has 5 heteroatoms. The topological polar surface area (TPSA) is 74.7 Å². The first-order valence-electron chi connectivity index (χ1n) is 10.8. The summed E-state index contributed by atoms with van der Waals surface area (Å²) in [5.41, 5.74) is 11.6. The third-order valence-corrected chi connectivity index (χ3v) is 5.28. The molecule has 1 aromatic heterocycles. The van der Waals surface area contributed by atoms with Gasteiger partial charge in [0.2, 0.25) is 0 Å². The molecule has 2 N–H and O–H groups in total. The highest BCUT2D eigenvalue weighted by atomic mass is 16.5. The maximum absolute atomic E-state index is 11.9. The number of fused-ring (bicyclic) bond motifs is 1. The molecule has 4 rings (SSSR count). The van der Waals surface area contributed by atoms with Crippen LogP contribution in [0.5, 0.6) is 5.75 Å². The summed E-state index contributed by atoms with van der Waals surface area (Å²) in [4.78, 5) is 11.9. The van der Waals surface area contributed by atoms with Crippen LogP contribution in [0.4, 0.5) is 0 Å². The van der Waals surface area contributed by atoms with Crippen LogP contribution in [0.3, 0.4) is 0 Å². The highest BCUT2D eigenvalue weighted by Gasteiger charge is 2.14. The lowest BCUT2D eigenvalue weighted by atomic mass is 9.99. The van der Waals surface area contributed by atoms with E-state index >= 15 is 0 Å². The number of ether oxygens (including phenoxy) is 2. The van der Waals surface area contributed by atoms with Crippen molar-refractivity contribution in [3.05, 3.63) is 89.2 Å². The third-order valence-electron chi connectivity index (χ3n) is 5.28. The second kappa shape index (κ2) is 9.71. The summed E-state index contributed by atoms with van der Waals surface area (Å²) in [7, 11) is 0. The van der Waals surface area contributed by atoms with Crippen LogP contribution in [0.1, 0.15) is 29.4 Å². The highest BCUT2D eigenvalue weighted by Crippen LogP contribution is 2.33. The molecule has 0 atom stereocenters. The number of hydrogen-bond donors (Lipinski definition) is 1. The lowest BCUT2D eigenvalue weighted by Gasteiger charge is -2.13. The summed E-state index contributed by atoms with van der Waals surface area (Å²) < 4.78 is 17.2. The van der Waals surface area contributed by atoms with E-state index in [1.165, 1.54) is 0 Å². The van der Waals surface area contributed by atoms with Crippen molar-refractivity contribution in [3.8, 4) is 16.9 Å². The van der Waals surface area contributed by atoms with Gasteiger partial charge in [-0.2, -0.15) is 0 Å². The fourth-order valence-corrected chi connectivity index (χ4v) is 3.83. The quantitative estimate of drug-likeness (QED) is 0.372. The molecular formula is C27H27NO4.